The molecule has 1 unspecified atom stereocenters. The molecule has 0 fully saturated rings. The van der Waals surface area contributed by atoms with Gasteiger partial charge in [0.25, 0.3) is 0 Å². The SMILES string of the molecule is N#CC(C(=O)CN1C(=O)CSc2ccccc21)c1ncc(C(F)(F)F)cc1Cl. The molecule has 0 N–H and O–H groups in total. The molecular weight excluding hydrogens is 415 g/mol. The number of thioether (sulfide) groups is 1. The van der Waals surface area contributed by atoms with Crippen molar-refractivity contribution in [3.63, 3.8) is 0 Å². The molecule has 5 nitrogen and oxygen atoms in total. The number of alkyl halides is 3. The number of nitrogens with zero attached hydrogens (tertiary/aromatic N) is 3. The lowest BCUT2D eigenvalue weighted by atomic mass is 9.99. The van der Waals surface area contributed by atoms with Gasteiger partial charge in [0.15, 0.2) is 5.78 Å². The maximum absolute atomic E-state index is 12.8. The van der Waals surface area contributed by atoms with E-state index in [1.807, 2.05) is 0 Å². The fourth-order valence-corrected chi connectivity index (χ4v) is 3.89. The summed E-state index contributed by atoms with van der Waals surface area (Å²) in [5.74, 6) is -2.35. The number of aromatic nitrogens is 1. The molecule has 1 aromatic heterocycles. The van der Waals surface area contributed by atoms with Crippen LogP contribution in [-0.4, -0.2) is 29.0 Å². The molecule has 1 aliphatic heterocycles. The van der Waals surface area contributed by atoms with Crippen molar-refractivity contribution in [2.45, 2.75) is 17.0 Å². The molecule has 2 heterocycles. The van der Waals surface area contributed by atoms with E-state index in [1.54, 1.807) is 30.3 Å². The lowest BCUT2D eigenvalue weighted by Gasteiger charge is -2.28. The zero-order valence-corrected chi connectivity index (χ0v) is 15.6. The van der Waals surface area contributed by atoms with E-state index in [0.29, 0.717) is 18.0 Å². The summed E-state index contributed by atoms with van der Waals surface area (Å²) in [6.07, 6.45) is -4.13. The summed E-state index contributed by atoms with van der Waals surface area (Å²) >= 11 is 7.19. The fraction of sp³-hybridized carbons (Fsp3) is 0.222. The Morgan fingerprint density at radius 2 is 2.11 bits per heavy atom. The highest BCUT2D eigenvalue weighted by Gasteiger charge is 2.34. The van der Waals surface area contributed by atoms with Gasteiger partial charge in [-0.3, -0.25) is 14.6 Å². The van der Waals surface area contributed by atoms with Crippen LogP contribution < -0.4 is 4.90 Å². The Bertz CT molecular complexity index is 991. The number of hydrogen-bond acceptors (Lipinski definition) is 5. The number of para-hydroxylation sites is 1. The van der Waals surface area contributed by atoms with Crippen LogP contribution in [0.3, 0.4) is 0 Å². The molecule has 0 saturated carbocycles. The number of halogens is 4. The highest BCUT2D eigenvalue weighted by molar-refractivity contribution is 8.00. The van der Waals surface area contributed by atoms with E-state index in [9.17, 15) is 28.0 Å². The molecule has 0 bridgehead atoms. The number of nitriles is 1. The van der Waals surface area contributed by atoms with Gasteiger partial charge in [0.05, 0.1) is 40.3 Å². The Balaban J connectivity index is 1.88. The molecule has 1 atom stereocenters. The van der Waals surface area contributed by atoms with E-state index in [2.05, 4.69) is 4.98 Å². The van der Waals surface area contributed by atoms with Gasteiger partial charge in [0.1, 0.15) is 5.92 Å². The number of rotatable bonds is 4. The van der Waals surface area contributed by atoms with Crippen molar-refractivity contribution in [1.82, 2.24) is 4.98 Å². The van der Waals surface area contributed by atoms with Crippen LogP contribution in [0.1, 0.15) is 17.2 Å². The number of hydrogen-bond donors (Lipinski definition) is 0. The molecule has 0 spiro atoms. The number of carbonyl (C=O) groups excluding carboxylic acids is 2. The standard InChI is InChI=1S/C18H11ClF3N3O2S/c19-12-5-10(18(20,21)22)7-24-17(12)11(6-23)14(26)8-25-13-3-1-2-4-15(13)28-9-16(25)27/h1-5,7,11H,8-9H2. The minimum Gasteiger partial charge on any atom is -0.303 e. The van der Waals surface area contributed by atoms with Crippen molar-refractivity contribution in [2.75, 3.05) is 17.2 Å². The molecule has 2 aromatic rings. The molecule has 3 rings (SSSR count). The summed E-state index contributed by atoms with van der Waals surface area (Å²) in [6, 6.07) is 9.34. The van der Waals surface area contributed by atoms with Gasteiger partial charge in [-0.25, -0.2) is 0 Å². The fourth-order valence-electron chi connectivity index (χ4n) is 2.68. The molecule has 1 aromatic carbocycles. The van der Waals surface area contributed by atoms with E-state index >= 15 is 0 Å². The van der Waals surface area contributed by atoms with Gasteiger partial charge in [0.2, 0.25) is 5.91 Å². The highest BCUT2D eigenvalue weighted by Crippen LogP contribution is 2.36. The van der Waals surface area contributed by atoms with Gasteiger partial charge in [-0.15, -0.1) is 11.8 Å². The first-order valence-corrected chi connectivity index (χ1v) is 9.26. The van der Waals surface area contributed by atoms with Crippen molar-refractivity contribution < 1.29 is 22.8 Å². The van der Waals surface area contributed by atoms with E-state index < -0.39 is 35.0 Å². The summed E-state index contributed by atoms with van der Waals surface area (Å²) in [7, 11) is 0. The number of ketones is 1. The van der Waals surface area contributed by atoms with E-state index in [1.165, 1.54) is 16.7 Å². The first-order valence-electron chi connectivity index (χ1n) is 7.89. The third-order valence-corrected chi connectivity index (χ3v) is 5.39. The summed E-state index contributed by atoms with van der Waals surface area (Å²) in [5, 5.41) is 8.96. The van der Waals surface area contributed by atoms with Gasteiger partial charge in [-0.1, -0.05) is 23.7 Å². The maximum atomic E-state index is 12.8. The van der Waals surface area contributed by atoms with Gasteiger partial charge < -0.3 is 4.90 Å². The Morgan fingerprint density at radius 1 is 1.39 bits per heavy atom. The number of pyridine rings is 1. The zero-order valence-electron chi connectivity index (χ0n) is 14.0. The number of amides is 1. The van der Waals surface area contributed by atoms with Crippen LogP contribution in [0.2, 0.25) is 5.02 Å². The predicted octanol–water partition coefficient (Wildman–Crippen LogP) is 4.07. The minimum absolute atomic E-state index is 0.140. The molecular formula is C18H11ClF3N3O2S. The second kappa shape index (κ2) is 7.81. The second-order valence-corrected chi connectivity index (χ2v) is 7.28. The Hall–Kier alpha value is -2.57. The minimum atomic E-state index is -4.65. The Labute approximate surface area is 167 Å². The third kappa shape index (κ3) is 3.98. The van der Waals surface area contributed by atoms with Crippen LogP contribution in [-0.2, 0) is 15.8 Å². The highest BCUT2D eigenvalue weighted by atomic mass is 35.5. The smallest absolute Gasteiger partial charge is 0.303 e. The number of carbonyl (C=O) groups is 2. The molecule has 10 heteroatoms. The summed E-state index contributed by atoms with van der Waals surface area (Å²) in [4.78, 5) is 30.6. The summed E-state index contributed by atoms with van der Waals surface area (Å²) < 4.78 is 38.3. The second-order valence-electron chi connectivity index (χ2n) is 5.85. The topological polar surface area (TPSA) is 74.1 Å². The first kappa shape index (κ1) is 20.2. The van der Waals surface area contributed by atoms with Crippen LogP contribution in [0.25, 0.3) is 0 Å². The lowest BCUT2D eigenvalue weighted by Crippen LogP contribution is -2.40. The van der Waals surface area contributed by atoms with E-state index in [0.717, 1.165) is 4.90 Å². The van der Waals surface area contributed by atoms with Crippen molar-refractivity contribution >= 4 is 40.7 Å². The van der Waals surface area contributed by atoms with E-state index in [4.69, 9.17) is 11.6 Å². The predicted molar refractivity (Wildman–Crippen MR) is 97.1 cm³/mol. The van der Waals surface area contributed by atoms with E-state index in [-0.39, 0.29) is 17.4 Å². The normalized spacial score (nSPS) is 15.0. The van der Waals surface area contributed by atoms with Crippen molar-refractivity contribution in [2.24, 2.45) is 0 Å². The average Bonchev–Trinajstić information content (AvgIpc) is 2.65. The van der Waals surface area contributed by atoms with Crippen LogP contribution in [0.4, 0.5) is 18.9 Å². The van der Waals surface area contributed by atoms with Crippen LogP contribution in [0.5, 0.6) is 0 Å². The molecule has 1 aliphatic rings. The van der Waals surface area contributed by atoms with Crippen LogP contribution in [0, 0.1) is 11.3 Å². The summed E-state index contributed by atoms with van der Waals surface area (Å²) in [6.45, 7) is -0.409. The quantitative estimate of drug-likeness (QED) is 0.738. The average molecular weight is 426 g/mol. The molecule has 28 heavy (non-hydrogen) atoms. The largest absolute Gasteiger partial charge is 0.417 e. The van der Waals surface area contributed by atoms with Crippen LogP contribution >= 0.6 is 23.4 Å². The molecule has 144 valence electrons. The Kier molecular flexibility index (Phi) is 5.63. The molecule has 1 amide bonds. The van der Waals surface area contributed by atoms with Crippen LogP contribution in [0.15, 0.2) is 41.4 Å². The first-order chi connectivity index (χ1) is 13.2. The third-order valence-electron chi connectivity index (χ3n) is 4.04. The lowest BCUT2D eigenvalue weighted by molar-refractivity contribution is -0.137. The zero-order chi connectivity index (χ0) is 20.5. The molecule has 0 saturated heterocycles. The monoisotopic (exact) mass is 425 g/mol. The number of Topliss-reactive ketones (excluding diaryl/α,β-unsaturated/α-hetero) is 1. The van der Waals surface area contributed by atoms with Gasteiger partial charge in [-0.2, -0.15) is 18.4 Å². The van der Waals surface area contributed by atoms with Crippen molar-refractivity contribution in [1.29, 1.82) is 5.26 Å². The number of anilines is 1. The molecule has 0 aliphatic carbocycles. The molecule has 0 radical (unpaired) electrons. The summed E-state index contributed by atoms with van der Waals surface area (Å²) in [5.41, 5.74) is -0.808. The van der Waals surface area contributed by atoms with Gasteiger partial charge >= 0.3 is 6.18 Å². The van der Waals surface area contributed by atoms with Gasteiger partial charge in [0, 0.05) is 11.1 Å². The number of benzene rings is 1. The van der Waals surface area contributed by atoms with Gasteiger partial charge in [-0.05, 0) is 18.2 Å². The van der Waals surface area contributed by atoms with Crippen molar-refractivity contribution in [3.8, 4) is 6.07 Å². The maximum Gasteiger partial charge on any atom is 0.417 e. The Morgan fingerprint density at radius 3 is 2.75 bits per heavy atom. The van der Waals surface area contributed by atoms with Crippen molar-refractivity contribution in [3.05, 3.63) is 52.8 Å². The number of fused-ring (bicyclic) bond motifs is 1.